The summed E-state index contributed by atoms with van der Waals surface area (Å²) in [4.78, 5) is 16.0. The molecule has 1 fully saturated rings. The van der Waals surface area contributed by atoms with Gasteiger partial charge in [0, 0.05) is 32.4 Å². The average Bonchev–Trinajstić information content (AvgIpc) is 2.93. The molecule has 0 spiro atoms. The van der Waals surface area contributed by atoms with Gasteiger partial charge in [0.2, 0.25) is 5.91 Å². The van der Waals surface area contributed by atoms with Gasteiger partial charge in [0.05, 0.1) is 6.54 Å². The first-order valence-electron chi connectivity index (χ1n) is 6.94. The second kappa shape index (κ2) is 6.57. The number of nitrogens with one attached hydrogen (secondary N) is 1. The average molecular weight is 261 g/mol. The first-order chi connectivity index (χ1) is 9.22. The lowest BCUT2D eigenvalue weighted by atomic mass is 10.1. The zero-order chi connectivity index (χ0) is 13.7. The maximum absolute atomic E-state index is 11.8. The van der Waals surface area contributed by atoms with Crippen LogP contribution in [0.2, 0.25) is 0 Å². The Hall–Kier alpha value is -1.55. The first kappa shape index (κ1) is 13.9. The van der Waals surface area contributed by atoms with Crippen molar-refractivity contribution in [3.05, 3.63) is 29.8 Å². The number of rotatable bonds is 5. The summed E-state index contributed by atoms with van der Waals surface area (Å²) in [5.74, 6) is 0.124. The van der Waals surface area contributed by atoms with Gasteiger partial charge in [-0.05, 0) is 31.5 Å². The third-order valence-corrected chi connectivity index (χ3v) is 3.60. The number of amides is 1. The molecule has 1 aromatic carbocycles. The van der Waals surface area contributed by atoms with Gasteiger partial charge in [0.1, 0.15) is 0 Å². The lowest BCUT2D eigenvalue weighted by Crippen LogP contribution is -2.34. The van der Waals surface area contributed by atoms with E-state index in [9.17, 15) is 4.79 Å². The van der Waals surface area contributed by atoms with E-state index < -0.39 is 0 Å². The molecule has 2 rings (SSSR count). The van der Waals surface area contributed by atoms with Gasteiger partial charge in [-0.2, -0.15) is 0 Å². The minimum Gasteiger partial charge on any atom is -0.371 e. The molecule has 0 atom stereocenters. The third kappa shape index (κ3) is 3.47. The Kier molecular flexibility index (Phi) is 4.80. The van der Waals surface area contributed by atoms with Crippen molar-refractivity contribution in [3.8, 4) is 0 Å². The van der Waals surface area contributed by atoms with Gasteiger partial charge in [-0.25, -0.2) is 0 Å². The monoisotopic (exact) mass is 261 g/mol. The molecule has 0 aromatic heterocycles. The zero-order valence-electron chi connectivity index (χ0n) is 11.9. The van der Waals surface area contributed by atoms with Crippen molar-refractivity contribution in [1.29, 1.82) is 0 Å². The molecular formula is C15H23N3O. The molecular weight excluding hydrogens is 238 g/mol. The van der Waals surface area contributed by atoms with Crippen LogP contribution in [0.3, 0.4) is 0 Å². The van der Waals surface area contributed by atoms with Crippen LogP contribution in [-0.4, -0.2) is 44.5 Å². The van der Waals surface area contributed by atoms with Crippen molar-refractivity contribution in [2.24, 2.45) is 0 Å². The number of anilines is 1. The van der Waals surface area contributed by atoms with E-state index in [1.165, 1.54) is 24.1 Å². The van der Waals surface area contributed by atoms with E-state index in [-0.39, 0.29) is 5.91 Å². The molecule has 0 unspecified atom stereocenters. The number of carbonyl (C=O) groups excluding carboxylic acids is 1. The number of carbonyl (C=O) groups is 1. The summed E-state index contributed by atoms with van der Waals surface area (Å²) in [5.41, 5.74) is 2.51. The van der Waals surface area contributed by atoms with Gasteiger partial charge < -0.3 is 15.1 Å². The zero-order valence-corrected chi connectivity index (χ0v) is 11.9. The van der Waals surface area contributed by atoms with E-state index in [0.717, 1.165) is 13.1 Å². The molecule has 0 bridgehead atoms. The van der Waals surface area contributed by atoms with Crippen molar-refractivity contribution in [2.75, 3.05) is 38.6 Å². The van der Waals surface area contributed by atoms with Crippen molar-refractivity contribution in [1.82, 2.24) is 10.2 Å². The smallest absolute Gasteiger partial charge is 0.236 e. The largest absolute Gasteiger partial charge is 0.371 e. The van der Waals surface area contributed by atoms with E-state index in [0.29, 0.717) is 13.1 Å². The van der Waals surface area contributed by atoms with Crippen LogP contribution < -0.4 is 10.2 Å². The summed E-state index contributed by atoms with van der Waals surface area (Å²) in [7, 11) is 3.66. The second-order valence-corrected chi connectivity index (χ2v) is 5.10. The predicted molar refractivity (Wildman–Crippen MR) is 78.3 cm³/mol. The minimum atomic E-state index is 0.124. The topological polar surface area (TPSA) is 35.6 Å². The SMILES string of the molecule is CNCC(=O)N(C)Cc1ccccc1N1CCCC1. The maximum Gasteiger partial charge on any atom is 0.236 e. The molecule has 1 aliphatic rings. The Labute approximate surface area is 115 Å². The van der Waals surface area contributed by atoms with Crippen LogP contribution in [0.5, 0.6) is 0 Å². The normalized spacial score (nSPS) is 14.7. The third-order valence-electron chi connectivity index (χ3n) is 3.60. The molecule has 0 saturated carbocycles. The lowest BCUT2D eigenvalue weighted by Gasteiger charge is -2.24. The summed E-state index contributed by atoms with van der Waals surface area (Å²) < 4.78 is 0. The van der Waals surface area contributed by atoms with Crippen molar-refractivity contribution >= 4 is 11.6 Å². The van der Waals surface area contributed by atoms with Crippen molar-refractivity contribution in [2.45, 2.75) is 19.4 Å². The van der Waals surface area contributed by atoms with E-state index in [1.54, 1.807) is 11.9 Å². The van der Waals surface area contributed by atoms with Crippen LogP contribution in [0, 0.1) is 0 Å². The van der Waals surface area contributed by atoms with E-state index in [4.69, 9.17) is 0 Å². The highest BCUT2D eigenvalue weighted by Gasteiger charge is 2.17. The van der Waals surface area contributed by atoms with Gasteiger partial charge in [-0.15, -0.1) is 0 Å². The minimum absolute atomic E-state index is 0.124. The number of benzene rings is 1. The van der Waals surface area contributed by atoms with Gasteiger partial charge in [-0.3, -0.25) is 4.79 Å². The molecule has 1 amide bonds. The van der Waals surface area contributed by atoms with E-state index in [2.05, 4.69) is 28.4 Å². The molecule has 0 radical (unpaired) electrons. The fraction of sp³-hybridized carbons (Fsp3) is 0.533. The fourth-order valence-electron chi connectivity index (χ4n) is 2.54. The molecule has 1 saturated heterocycles. The maximum atomic E-state index is 11.8. The quantitative estimate of drug-likeness (QED) is 0.872. The van der Waals surface area contributed by atoms with Crippen LogP contribution in [-0.2, 0) is 11.3 Å². The van der Waals surface area contributed by atoms with Gasteiger partial charge in [-0.1, -0.05) is 18.2 Å². The highest BCUT2D eigenvalue weighted by Crippen LogP contribution is 2.25. The van der Waals surface area contributed by atoms with Crippen LogP contribution in [0.15, 0.2) is 24.3 Å². The highest BCUT2D eigenvalue weighted by molar-refractivity contribution is 5.78. The lowest BCUT2D eigenvalue weighted by molar-refractivity contribution is -0.129. The fourth-order valence-corrected chi connectivity index (χ4v) is 2.54. The molecule has 19 heavy (non-hydrogen) atoms. The number of nitrogens with zero attached hydrogens (tertiary/aromatic N) is 2. The summed E-state index contributed by atoms with van der Waals surface area (Å²) in [6, 6.07) is 8.41. The van der Waals surface area contributed by atoms with Crippen LogP contribution in [0.25, 0.3) is 0 Å². The van der Waals surface area contributed by atoms with Crippen molar-refractivity contribution in [3.63, 3.8) is 0 Å². The Bertz CT molecular complexity index is 427. The summed E-state index contributed by atoms with van der Waals surface area (Å²) >= 11 is 0. The molecule has 1 aromatic rings. The van der Waals surface area contributed by atoms with E-state index in [1.807, 2.05) is 13.1 Å². The van der Waals surface area contributed by atoms with Gasteiger partial charge in [0.15, 0.2) is 0 Å². The molecule has 1 heterocycles. The summed E-state index contributed by atoms with van der Waals surface area (Å²) in [6.07, 6.45) is 2.53. The molecule has 0 aliphatic carbocycles. The van der Waals surface area contributed by atoms with Crippen LogP contribution >= 0.6 is 0 Å². The number of para-hydroxylation sites is 1. The highest BCUT2D eigenvalue weighted by atomic mass is 16.2. The predicted octanol–water partition coefficient (Wildman–Crippen LogP) is 1.46. The second-order valence-electron chi connectivity index (χ2n) is 5.10. The molecule has 4 nitrogen and oxygen atoms in total. The molecule has 4 heteroatoms. The van der Waals surface area contributed by atoms with Gasteiger partial charge in [0.25, 0.3) is 0 Å². The van der Waals surface area contributed by atoms with E-state index >= 15 is 0 Å². The number of likely N-dealkylation sites (N-methyl/N-ethyl adjacent to an activating group) is 2. The summed E-state index contributed by atoms with van der Waals surface area (Å²) in [5, 5.41) is 2.90. The molecule has 104 valence electrons. The Morgan fingerprint density at radius 3 is 2.68 bits per heavy atom. The Morgan fingerprint density at radius 2 is 2.00 bits per heavy atom. The molecule has 1 N–H and O–H groups in total. The first-order valence-corrected chi connectivity index (χ1v) is 6.94. The van der Waals surface area contributed by atoms with Crippen molar-refractivity contribution < 1.29 is 4.79 Å². The number of hydrogen-bond donors (Lipinski definition) is 1. The molecule has 1 aliphatic heterocycles. The number of hydrogen-bond acceptors (Lipinski definition) is 3. The standard InChI is InChI=1S/C15H23N3O/c1-16-11-15(19)17(2)12-13-7-3-4-8-14(13)18-9-5-6-10-18/h3-4,7-8,16H,5-6,9-12H2,1-2H3. The van der Waals surface area contributed by atoms with Crippen LogP contribution in [0.1, 0.15) is 18.4 Å². The summed E-state index contributed by atoms with van der Waals surface area (Å²) in [6.45, 7) is 3.33. The van der Waals surface area contributed by atoms with Crippen LogP contribution in [0.4, 0.5) is 5.69 Å². The Balaban J connectivity index is 2.09. The Morgan fingerprint density at radius 1 is 1.32 bits per heavy atom. The van der Waals surface area contributed by atoms with Gasteiger partial charge >= 0.3 is 0 Å².